The van der Waals surface area contributed by atoms with Gasteiger partial charge in [0.25, 0.3) is 0 Å². The number of piperazine rings is 1. The van der Waals surface area contributed by atoms with Crippen LogP contribution in [0.15, 0.2) is 0 Å². The van der Waals surface area contributed by atoms with Gasteiger partial charge in [-0.15, -0.1) is 17.0 Å². The topological polar surface area (TPSA) is 24.1 Å². The van der Waals surface area contributed by atoms with Crippen molar-refractivity contribution < 1.29 is 0 Å². The lowest BCUT2D eigenvalue weighted by Gasteiger charge is -2.10. The fourth-order valence-electron chi connectivity index (χ4n) is 1.44. The first kappa shape index (κ1) is 6.52. The summed E-state index contributed by atoms with van der Waals surface area (Å²) < 4.78 is 0. The lowest BCUT2D eigenvalue weighted by molar-refractivity contribution is 0.528. The van der Waals surface area contributed by atoms with Crippen LogP contribution in [-0.4, -0.2) is 25.2 Å². The Kier molecular flexibility index (Phi) is 1.90. The largest absolute Gasteiger partial charge is 0.311 e. The van der Waals surface area contributed by atoms with Crippen LogP contribution >= 0.6 is 17.0 Å². The van der Waals surface area contributed by atoms with E-state index in [-0.39, 0.29) is 17.0 Å². The second-order valence-corrected chi connectivity index (χ2v) is 2.45. The zero-order valence-electron chi connectivity index (χ0n) is 4.68. The number of nitrogens with one attached hydrogen (secondary N) is 2. The van der Waals surface area contributed by atoms with Gasteiger partial charge in [0, 0.05) is 25.2 Å². The summed E-state index contributed by atoms with van der Waals surface area (Å²) in [5.41, 5.74) is 0. The summed E-state index contributed by atoms with van der Waals surface area (Å²) in [5.74, 6) is 0. The molecular weight excluding hydrogens is 168 g/mol. The summed E-state index contributed by atoms with van der Waals surface area (Å²) >= 11 is 0. The molecule has 0 saturated carbocycles. The molecule has 0 aromatic heterocycles. The van der Waals surface area contributed by atoms with Crippen LogP contribution in [0.5, 0.6) is 0 Å². The van der Waals surface area contributed by atoms with Crippen molar-refractivity contribution in [2.45, 2.75) is 18.5 Å². The smallest absolute Gasteiger partial charge is 0.0208 e. The van der Waals surface area contributed by atoms with E-state index in [2.05, 4.69) is 10.6 Å². The number of hydrogen-bond donors (Lipinski definition) is 2. The Morgan fingerprint density at radius 2 is 1.50 bits per heavy atom. The number of rotatable bonds is 0. The van der Waals surface area contributed by atoms with Crippen molar-refractivity contribution in [2.75, 3.05) is 13.1 Å². The molecule has 2 heterocycles. The van der Waals surface area contributed by atoms with Crippen LogP contribution in [0, 0.1) is 0 Å². The molecule has 2 unspecified atom stereocenters. The van der Waals surface area contributed by atoms with Crippen LogP contribution in [0.25, 0.3) is 0 Å². The van der Waals surface area contributed by atoms with Gasteiger partial charge in [-0.2, -0.15) is 0 Å². The van der Waals surface area contributed by atoms with E-state index in [4.69, 9.17) is 0 Å². The molecule has 48 valence electrons. The maximum atomic E-state index is 3.39. The molecule has 0 spiro atoms. The van der Waals surface area contributed by atoms with Crippen molar-refractivity contribution in [1.29, 1.82) is 0 Å². The van der Waals surface area contributed by atoms with E-state index >= 15 is 0 Å². The van der Waals surface area contributed by atoms with Crippen LogP contribution in [0.2, 0.25) is 0 Å². The lowest BCUT2D eigenvalue weighted by atomic mass is 10.3. The van der Waals surface area contributed by atoms with Gasteiger partial charge in [0.05, 0.1) is 0 Å². The van der Waals surface area contributed by atoms with E-state index in [9.17, 15) is 0 Å². The first-order valence-corrected chi connectivity index (χ1v) is 2.92. The van der Waals surface area contributed by atoms with Gasteiger partial charge in [-0.05, 0) is 6.42 Å². The summed E-state index contributed by atoms with van der Waals surface area (Å²) in [4.78, 5) is 0. The highest BCUT2D eigenvalue weighted by Crippen LogP contribution is 2.11. The van der Waals surface area contributed by atoms with E-state index in [0.29, 0.717) is 0 Å². The van der Waals surface area contributed by atoms with Crippen LogP contribution < -0.4 is 10.6 Å². The molecule has 3 heteroatoms. The quantitative estimate of drug-likeness (QED) is 0.542. The predicted molar refractivity (Wildman–Crippen MR) is 38.5 cm³/mol. The highest BCUT2D eigenvalue weighted by atomic mass is 79.9. The number of hydrogen-bond acceptors (Lipinski definition) is 2. The maximum absolute atomic E-state index is 3.39. The third kappa shape index (κ3) is 0.900. The Balaban J connectivity index is 0.000000320. The minimum atomic E-state index is 0. The van der Waals surface area contributed by atoms with Crippen LogP contribution in [0.3, 0.4) is 0 Å². The first-order chi connectivity index (χ1) is 3.45. The van der Waals surface area contributed by atoms with Crippen molar-refractivity contribution >= 4 is 17.0 Å². The first-order valence-electron chi connectivity index (χ1n) is 2.92. The van der Waals surface area contributed by atoms with Gasteiger partial charge < -0.3 is 10.6 Å². The average Bonchev–Trinajstić information content (AvgIpc) is 2.22. The highest BCUT2D eigenvalue weighted by molar-refractivity contribution is 8.93. The van der Waals surface area contributed by atoms with E-state index in [1.165, 1.54) is 19.5 Å². The number of halogens is 1. The van der Waals surface area contributed by atoms with E-state index in [1.807, 2.05) is 0 Å². The molecule has 2 nitrogen and oxygen atoms in total. The third-order valence-electron chi connectivity index (χ3n) is 1.87. The average molecular weight is 179 g/mol. The zero-order chi connectivity index (χ0) is 4.69. The summed E-state index contributed by atoms with van der Waals surface area (Å²) in [7, 11) is 0. The molecule has 2 fully saturated rings. The third-order valence-corrected chi connectivity index (χ3v) is 1.87. The SMILES string of the molecule is Br.C1NC2CNC1C2. The Morgan fingerprint density at radius 3 is 1.62 bits per heavy atom. The Bertz CT molecular complexity index is 68.5. The molecule has 0 amide bonds. The monoisotopic (exact) mass is 178 g/mol. The van der Waals surface area contributed by atoms with Gasteiger partial charge in [-0.1, -0.05) is 0 Å². The molecule has 0 radical (unpaired) electrons. The highest BCUT2D eigenvalue weighted by Gasteiger charge is 2.29. The van der Waals surface area contributed by atoms with Gasteiger partial charge in [-0.25, -0.2) is 0 Å². The molecule has 0 aromatic rings. The fraction of sp³-hybridized carbons (Fsp3) is 1.00. The Labute approximate surface area is 59.8 Å². The van der Waals surface area contributed by atoms with Crippen LogP contribution in [0.4, 0.5) is 0 Å². The van der Waals surface area contributed by atoms with E-state index < -0.39 is 0 Å². The van der Waals surface area contributed by atoms with Gasteiger partial charge in [0.1, 0.15) is 0 Å². The molecule has 0 aromatic carbocycles. The van der Waals surface area contributed by atoms with Gasteiger partial charge in [0.15, 0.2) is 0 Å². The Hall–Kier alpha value is 0.400. The molecule has 2 N–H and O–H groups in total. The van der Waals surface area contributed by atoms with Crippen molar-refractivity contribution in [3.63, 3.8) is 0 Å². The van der Waals surface area contributed by atoms with Crippen molar-refractivity contribution in [1.82, 2.24) is 10.6 Å². The summed E-state index contributed by atoms with van der Waals surface area (Å²) in [6, 6.07) is 1.62. The van der Waals surface area contributed by atoms with Crippen molar-refractivity contribution in [3.8, 4) is 0 Å². The molecule has 2 bridgehead atoms. The standard InChI is InChI=1S/C5H10N2.BrH/c1-4-2-6-5(1)3-7-4;/h4-7H,1-3H2;1H. The van der Waals surface area contributed by atoms with E-state index in [0.717, 1.165) is 12.1 Å². The minimum absolute atomic E-state index is 0. The molecule has 2 aliphatic heterocycles. The van der Waals surface area contributed by atoms with Crippen LogP contribution in [-0.2, 0) is 0 Å². The second-order valence-electron chi connectivity index (χ2n) is 2.45. The fourth-order valence-corrected chi connectivity index (χ4v) is 1.44. The van der Waals surface area contributed by atoms with Gasteiger partial charge in [-0.3, -0.25) is 0 Å². The molecule has 2 saturated heterocycles. The molecule has 2 rings (SSSR count). The van der Waals surface area contributed by atoms with E-state index in [1.54, 1.807) is 0 Å². The molecule has 2 atom stereocenters. The van der Waals surface area contributed by atoms with Crippen molar-refractivity contribution in [3.05, 3.63) is 0 Å². The maximum Gasteiger partial charge on any atom is 0.0208 e. The minimum Gasteiger partial charge on any atom is -0.311 e. The van der Waals surface area contributed by atoms with Crippen LogP contribution in [0.1, 0.15) is 6.42 Å². The molecule has 2 aliphatic rings. The molecule has 0 aliphatic carbocycles. The van der Waals surface area contributed by atoms with Gasteiger partial charge in [0.2, 0.25) is 0 Å². The lowest BCUT2D eigenvalue weighted by Crippen LogP contribution is -2.39. The summed E-state index contributed by atoms with van der Waals surface area (Å²) in [5, 5.41) is 6.79. The second kappa shape index (κ2) is 2.33. The Morgan fingerprint density at radius 1 is 1.00 bits per heavy atom. The summed E-state index contributed by atoms with van der Waals surface area (Å²) in [6.07, 6.45) is 1.36. The normalized spacial score (nSPS) is 42.0. The summed E-state index contributed by atoms with van der Waals surface area (Å²) in [6.45, 7) is 2.40. The zero-order valence-corrected chi connectivity index (χ0v) is 6.40. The molecule has 8 heavy (non-hydrogen) atoms. The predicted octanol–water partition coefficient (Wildman–Crippen LogP) is -0.102. The van der Waals surface area contributed by atoms with Gasteiger partial charge >= 0.3 is 0 Å². The van der Waals surface area contributed by atoms with Crippen molar-refractivity contribution in [2.24, 2.45) is 0 Å². The molecular formula is C5H11BrN2. The number of fused-ring (bicyclic) bond motifs is 2.